The van der Waals surface area contributed by atoms with E-state index in [1.807, 2.05) is 24.3 Å². The van der Waals surface area contributed by atoms with Gasteiger partial charge in [-0.3, -0.25) is 4.79 Å². The normalized spacial score (nSPS) is 23.1. The summed E-state index contributed by atoms with van der Waals surface area (Å²) in [5, 5.41) is 0. The van der Waals surface area contributed by atoms with Crippen molar-refractivity contribution < 1.29 is 14.3 Å². The van der Waals surface area contributed by atoms with Crippen LogP contribution in [0.1, 0.15) is 24.8 Å². The first kappa shape index (κ1) is 11.3. The van der Waals surface area contributed by atoms with Crippen LogP contribution in [0.15, 0.2) is 24.3 Å². The third-order valence-corrected chi connectivity index (χ3v) is 2.81. The topological polar surface area (TPSA) is 35.5 Å². The van der Waals surface area contributed by atoms with Crippen LogP contribution in [0.4, 0.5) is 0 Å². The van der Waals surface area contributed by atoms with Gasteiger partial charge in [-0.15, -0.1) is 0 Å². The van der Waals surface area contributed by atoms with Crippen molar-refractivity contribution in [3.63, 3.8) is 0 Å². The first-order chi connectivity index (χ1) is 7.72. The summed E-state index contributed by atoms with van der Waals surface area (Å²) in [6.07, 6.45) is 0.456. The number of hydrogen-bond acceptors (Lipinski definition) is 3. The molecule has 1 aromatic carbocycles. The van der Waals surface area contributed by atoms with Crippen molar-refractivity contribution in [3.8, 4) is 5.75 Å². The lowest BCUT2D eigenvalue weighted by Gasteiger charge is -2.27. The highest BCUT2D eigenvalue weighted by molar-refractivity contribution is 6.20. The Morgan fingerprint density at radius 3 is 3.06 bits per heavy atom. The zero-order valence-corrected chi connectivity index (χ0v) is 9.74. The highest BCUT2D eigenvalue weighted by Gasteiger charge is 2.32. The molecule has 1 aliphatic rings. The zero-order chi connectivity index (χ0) is 11.5. The number of halogens is 1. The van der Waals surface area contributed by atoms with Crippen LogP contribution in [0.25, 0.3) is 0 Å². The van der Waals surface area contributed by atoms with E-state index in [-0.39, 0.29) is 11.9 Å². The molecule has 0 N–H and O–H groups in total. The van der Waals surface area contributed by atoms with Crippen LogP contribution in [0.5, 0.6) is 5.75 Å². The fourth-order valence-electron chi connectivity index (χ4n) is 1.84. The Morgan fingerprint density at radius 2 is 2.31 bits per heavy atom. The molecule has 3 nitrogen and oxygen atoms in total. The van der Waals surface area contributed by atoms with Crippen LogP contribution in [-0.2, 0) is 9.53 Å². The Bertz CT molecular complexity index is 392. The summed E-state index contributed by atoms with van der Waals surface area (Å²) in [7, 11) is 0. The summed E-state index contributed by atoms with van der Waals surface area (Å²) in [6, 6.07) is 7.43. The molecule has 0 amide bonds. The first-order valence-electron chi connectivity index (χ1n) is 5.28. The maximum Gasteiger partial charge on any atom is 0.313 e. The van der Waals surface area contributed by atoms with Crippen molar-refractivity contribution in [2.45, 2.75) is 24.8 Å². The molecule has 2 unspecified atom stereocenters. The summed E-state index contributed by atoms with van der Waals surface area (Å²) in [5.74, 6) is 0.128. The van der Waals surface area contributed by atoms with Crippen molar-refractivity contribution in [1.29, 1.82) is 0 Å². The second-order valence-electron chi connectivity index (χ2n) is 3.61. The number of alkyl halides is 1. The van der Waals surface area contributed by atoms with Crippen LogP contribution < -0.4 is 4.74 Å². The van der Waals surface area contributed by atoms with Gasteiger partial charge in [-0.05, 0) is 13.0 Å². The minimum absolute atomic E-state index is 0.232. The highest BCUT2D eigenvalue weighted by atomic mass is 35.5. The van der Waals surface area contributed by atoms with Gasteiger partial charge >= 0.3 is 5.97 Å². The summed E-state index contributed by atoms with van der Waals surface area (Å²) in [4.78, 5) is 11.8. The third kappa shape index (κ3) is 2.14. The minimum atomic E-state index is -0.468. The number of rotatable bonds is 2. The summed E-state index contributed by atoms with van der Waals surface area (Å²) < 4.78 is 10.5. The third-order valence-electron chi connectivity index (χ3n) is 2.54. The predicted octanol–water partition coefficient (Wildman–Crippen LogP) is 2.68. The maximum absolute atomic E-state index is 11.8. The Labute approximate surface area is 99.3 Å². The fourth-order valence-corrected chi connectivity index (χ4v) is 2.11. The standard InChI is InChI=1S/C12H13ClO3/c1-2-15-12(14)9-7-11(13)16-10-6-4-3-5-8(9)10/h3-6,9,11H,2,7H2,1H3. The number of carbonyl (C=O) groups excluding carboxylic acids is 1. The van der Waals surface area contributed by atoms with Crippen molar-refractivity contribution in [2.75, 3.05) is 6.61 Å². The van der Waals surface area contributed by atoms with Gasteiger partial charge in [-0.2, -0.15) is 0 Å². The van der Waals surface area contributed by atoms with Gasteiger partial charge in [0.15, 0.2) is 5.56 Å². The van der Waals surface area contributed by atoms with Gasteiger partial charge < -0.3 is 9.47 Å². The molecule has 0 radical (unpaired) electrons. The molecule has 0 spiro atoms. The van der Waals surface area contributed by atoms with E-state index in [2.05, 4.69) is 0 Å². The molecule has 4 heteroatoms. The van der Waals surface area contributed by atoms with Crippen LogP contribution in [0.2, 0.25) is 0 Å². The molecule has 0 bridgehead atoms. The van der Waals surface area contributed by atoms with E-state index in [1.54, 1.807) is 6.92 Å². The Balaban J connectivity index is 2.30. The molecule has 0 fully saturated rings. The molecule has 0 aliphatic carbocycles. The van der Waals surface area contributed by atoms with Gasteiger partial charge in [0.25, 0.3) is 0 Å². The van der Waals surface area contributed by atoms with Gasteiger partial charge in [-0.1, -0.05) is 29.8 Å². The molecule has 1 heterocycles. The van der Waals surface area contributed by atoms with E-state index < -0.39 is 5.56 Å². The second-order valence-corrected chi connectivity index (χ2v) is 4.09. The van der Waals surface area contributed by atoms with Gasteiger partial charge in [-0.25, -0.2) is 0 Å². The lowest BCUT2D eigenvalue weighted by Crippen LogP contribution is -2.27. The van der Waals surface area contributed by atoms with E-state index >= 15 is 0 Å². The molecule has 1 aromatic rings. The van der Waals surface area contributed by atoms with E-state index in [0.29, 0.717) is 18.8 Å². The molecule has 1 aliphatic heterocycles. The number of benzene rings is 1. The summed E-state index contributed by atoms with van der Waals surface area (Å²) in [6.45, 7) is 2.17. The number of carbonyl (C=O) groups is 1. The molecule has 0 saturated heterocycles. The number of esters is 1. The average molecular weight is 241 g/mol. The van der Waals surface area contributed by atoms with E-state index in [9.17, 15) is 4.79 Å². The first-order valence-corrected chi connectivity index (χ1v) is 5.72. The molecule has 0 saturated carbocycles. The van der Waals surface area contributed by atoms with Crippen LogP contribution in [-0.4, -0.2) is 18.1 Å². The number of para-hydroxylation sites is 1. The molecule has 0 aromatic heterocycles. The van der Waals surface area contributed by atoms with Crippen molar-refractivity contribution in [2.24, 2.45) is 0 Å². The Morgan fingerprint density at radius 1 is 1.56 bits per heavy atom. The molecule has 16 heavy (non-hydrogen) atoms. The fraction of sp³-hybridized carbons (Fsp3) is 0.417. The lowest BCUT2D eigenvalue weighted by molar-refractivity contribution is -0.145. The van der Waals surface area contributed by atoms with Crippen LogP contribution >= 0.6 is 11.6 Å². The molecule has 86 valence electrons. The van der Waals surface area contributed by atoms with Crippen molar-refractivity contribution in [3.05, 3.63) is 29.8 Å². The maximum atomic E-state index is 11.8. The van der Waals surface area contributed by atoms with Crippen LogP contribution in [0.3, 0.4) is 0 Å². The predicted molar refractivity (Wildman–Crippen MR) is 60.7 cm³/mol. The molecular weight excluding hydrogens is 228 g/mol. The van der Waals surface area contributed by atoms with Crippen LogP contribution in [0, 0.1) is 0 Å². The highest BCUT2D eigenvalue weighted by Crippen LogP contribution is 2.37. The number of ether oxygens (including phenoxy) is 2. The zero-order valence-electron chi connectivity index (χ0n) is 8.98. The summed E-state index contributed by atoms with van der Waals surface area (Å²) >= 11 is 5.95. The number of fused-ring (bicyclic) bond motifs is 1. The second kappa shape index (κ2) is 4.74. The molecule has 2 rings (SSSR count). The van der Waals surface area contributed by atoms with Gasteiger partial charge in [0.1, 0.15) is 5.75 Å². The largest absolute Gasteiger partial charge is 0.474 e. The van der Waals surface area contributed by atoms with Crippen molar-refractivity contribution >= 4 is 17.6 Å². The van der Waals surface area contributed by atoms with E-state index in [4.69, 9.17) is 21.1 Å². The van der Waals surface area contributed by atoms with Gasteiger partial charge in [0, 0.05) is 12.0 Å². The number of hydrogen-bond donors (Lipinski definition) is 0. The van der Waals surface area contributed by atoms with Gasteiger partial charge in [0.2, 0.25) is 0 Å². The smallest absolute Gasteiger partial charge is 0.313 e. The lowest BCUT2D eigenvalue weighted by atomic mass is 9.93. The minimum Gasteiger partial charge on any atom is -0.474 e. The SMILES string of the molecule is CCOC(=O)C1CC(Cl)Oc2ccccc21. The Kier molecular flexibility index (Phi) is 3.34. The van der Waals surface area contributed by atoms with Gasteiger partial charge in [0.05, 0.1) is 12.5 Å². The monoisotopic (exact) mass is 240 g/mol. The average Bonchev–Trinajstić information content (AvgIpc) is 2.28. The van der Waals surface area contributed by atoms with Crippen molar-refractivity contribution in [1.82, 2.24) is 0 Å². The quantitative estimate of drug-likeness (QED) is 0.589. The van der Waals surface area contributed by atoms with E-state index in [1.165, 1.54) is 0 Å². The molecule has 2 atom stereocenters. The Hall–Kier alpha value is -1.22. The molecular formula is C12H13ClO3. The summed E-state index contributed by atoms with van der Waals surface area (Å²) in [5.41, 5.74) is 0.391. The van der Waals surface area contributed by atoms with E-state index in [0.717, 1.165) is 5.56 Å².